The number of pyridine rings is 2. The van der Waals surface area contributed by atoms with Crippen molar-refractivity contribution in [2.75, 3.05) is 36.5 Å². The Hall–Kier alpha value is -3.83. The van der Waals surface area contributed by atoms with Crippen molar-refractivity contribution in [2.45, 2.75) is 13.0 Å². The van der Waals surface area contributed by atoms with Gasteiger partial charge in [0.15, 0.2) is 0 Å². The number of nitrogens with one attached hydrogen (secondary N) is 3. The average molecular weight is 475 g/mol. The maximum Gasteiger partial charge on any atom is 0.261 e. The fraction of sp³-hybridized carbons (Fsp3) is 0.261. The van der Waals surface area contributed by atoms with Crippen LogP contribution in [0.2, 0.25) is 0 Å². The largest absolute Gasteiger partial charge is 0.378 e. The Labute approximate surface area is 198 Å². The molecule has 0 radical (unpaired) electrons. The van der Waals surface area contributed by atoms with E-state index in [9.17, 15) is 4.79 Å². The molecule has 10 nitrogen and oxygen atoms in total. The first-order valence-electron chi connectivity index (χ1n) is 11.0. The standard InChI is InChI=1S/C23H22N8O2S/c1-13(21-24-4-2-5-25-21)27-19-18(23(32)30-14-3-10-34-20(14)19)22-28-15-11-17(26-12-16(15)29-22)31-6-8-33-9-7-31/h2-5,10-13H,6-9H2,1H3,(H,28,29)(H2,27,30,32)/t13-/m0/s1. The molecule has 0 aliphatic carbocycles. The van der Waals surface area contributed by atoms with Gasteiger partial charge < -0.3 is 24.9 Å². The van der Waals surface area contributed by atoms with Gasteiger partial charge in [0.2, 0.25) is 0 Å². The molecular formula is C23H22N8O2S. The molecule has 34 heavy (non-hydrogen) atoms. The van der Waals surface area contributed by atoms with Crippen molar-refractivity contribution in [2.24, 2.45) is 0 Å². The lowest BCUT2D eigenvalue weighted by Crippen LogP contribution is -2.36. The van der Waals surface area contributed by atoms with Gasteiger partial charge in [-0.25, -0.2) is 19.9 Å². The summed E-state index contributed by atoms with van der Waals surface area (Å²) in [6.07, 6.45) is 5.18. The summed E-state index contributed by atoms with van der Waals surface area (Å²) in [6, 6.07) is 5.41. The number of nitrogens with zero attached hydrogens (tertiary/aromatic N) is 5. The molecule has 0 unspecified atom stereocenters. The number of hydrogen-bond donors (Lipinski definition) is 3. The highest BCUT2D eigenvalue weighted by Gasteiger charge is 2.22. The molecule has 5 aromatic heterocycles. The van der Waals surface area contributed by atoms with Crippen LogP contribution in [-0.2, 0) is 4.74 Å². The number of thiophene rings is 1. The predicted octanol–water partition coefficient (Wildman–Crippen LogP) is 3.33. The molecule has 1 fully saturated rings. The van der Waals surface area contributed by atoms with Gasteiger partial charge in [-0.2, -0.15) is 0 Å². The molecule has 0 spiro atoms. The van der Waals surface area contributed by atoms with Crippen LogP contribution in [-0.4, -0.2) is 56.2 Å². The van der Waals surface area contributed by atoms with E-state index in [1.807, 2.05) is 24.4 Å². The molecule has 0 amide bonds. The van der Waals surface area contributed by atoms with Crippen molar-refractivity contribution in [3.63, 3.8) is 0 Å². The first-order chi connectivity index (χ1) is 16.7. The van der Waals surface area contributed by atoms with Gasteiger partial charge in [-0.1, -0.05) is 0 Å². The van der Waals surface area contributed by atoms with Gasteiger partial charge in [0, 0.05) is 31.5 Å². The molecule has 0 aromatic carbocycles. The van der Waals surface area contributed by atoms with Crippen molar-refractivity contribution in [1.82, 2.24) is 29.9 Å². The zero-order valence-corrected chi connectivity index (χ0v) is 19.2. The van der Waals surface area contributed by atoms with Crippen LogP contribution in [0.4, 0.5) is 11.5 Å². The maximum absolute atomic E-state index is 13.2. The molecule has 6 heterocycles. The third kappa shape index (κ3) is 3.68. The summed E-state index contributed by atoms with van der Waals surface area (Å²) < 4.78 is 6.38. The SMILES string of the molecule is C[C@H](Nc1c(-c2nc3cc(N4CCOCC4)ncc3[nH]2)c(=O)[nH]c2ccsc12)c1ncccn1. The van der Waals surface area contributed by atoms with E-state index in [1.165, 1.54) is 0 Å². The van der Waals surface area contributed by atoms with E-state index < -0.39 is 0 Å². The molecule has 3 N–H and O–H groups in total. The Morgan fingerprint density at radius 2 is 1.97 bits per heavy atom. The molecule has 6 rings (SSSR count). The number of rotatable bonds is 5. The van der Waals surface area contributed by atoms with Crippen LogP contribution in [0, 0.1) is 0 Å². The Bertz CT molecular complexity index is 1520. The van der Waals surface area contributed by atoms with Crippen LogP contribution in [0.5, 0.6) is 0 Å². The van der Waals surface area contributed by atoms with E-state index in [4.69, 9.17) is 9.72 Å². The number of anilines is 2. The lowest BCUT2D eigenvalue weighted by Gasteiger charge is -2.27. The van der Waals surface area contributed by atoms with Gasteiger partial charge in [0.1, 0.15) is 23.0 Å². The Balaban J connectivity index is 1.45. The van der Waals surface area contributed by atoms with Crippen LogP contribution in [0.15, 0.2) is 47.0 Å². The zero-order valence-electron chi connectivity index (χ0n) is 18.4. The molecule has 0 bridgehead atoms. The van der Waals surface area contributed by atoms with Gasteiger partial charge in [-0.05, 0) is 24.4 Å². The van der Waals surface area contributed by atoms with Crippen molar-refractivity contribution < 1.29 is 4.74 Å². The molecule has 1 aliphatic heterocycles. The highest BCUT2D eigenvalue weighted by atomic mass is 32.1. The molecule has 172 valence electrons. The average Bonchev–Trinajstić information content (AvgIpc) is 3.51. The molecule has 11 heteroatoms. The van der Waals surface area contributed by atoms with Gasteiger partial charge in [-0.3, -0.25) is 4.79 Å². The summed E-state index contributed by atoms with van der Waals surface area (Å²) in [7, 11) is 0. The number of ether oxygens (including phenoxy) is 1. The van der Waals surface area contributed by atoms with E-state index in [0.29, 0.717) is 36.1 Å². The van der Waals surface area contributed by atoms with Crippen molar-refractivity contribution in [3.8, 4) is 11.4 Å². The third-order valence-corrected chi connectivity index (χ3v) is 6.81. The lowest BCUT2D eigenvalue weighted by atomic mass is 10.1. The summed E-state index contributed by atoms with van der Waals surface area (Å²) in [4.78, 5) is 39.8. The summed E-state index contributed by atoms with van der Waals surface area (Å²) in [5.41, 5.74) is 3.21. The van der Waals surface area contributed by atoms with Gasteiger partial charge in [0.05, 0.1) is 52.4 Å². The maximum atomic E-state index is 13.2. The van der Waals surface area contributed by atoms with Gasteiger partial charge in [0.25, 0.3) is 5.56 Å². The summed E-state index contributed by atoms with van der Waals surface area (Å²) in [6.45, 7) is 4.91. The number of hydrogen-bond acceptors (Lipinski definition) is 9. The number of imidazole rings is 1. The fourth-order valence-corrected chi connectivity index (χ4v) is 5.04. The molecule has 1 aliphatic rings. The normalized spacial score (nSPS) is 15.1. The smallest absolute Gasteiger partial charge is 0.261 e. The number of aromatic nitrogens is 6. The number of aromatic amines is 2. The van der Waals surface area contributed by atoms with Crippen LogP contribution in [0.25, 0.3) is 32.6 Å². The van der Waals surface area contributed by atoms with Crippen molar-refractivity contribution >= 4 is 44.1 Å². The summed E-state index contributed by atoms with van der Waals surface area (Å²) >= 11 is 1.55. The third-order valence-electron chi connectivity index (χ3n) is 5.88. The molecule has 0 saturated carbocycles. The minimum atomic E-state index is -0.227. The molecule has 5 aromatic rings. The number of fused-ring (bicyclic) bond motifs is 2. The monoisotopic (exact) mass is 474 g/mol. The quantitative estimate of drug-likeness (QED) is 0.354. The van der Waals surface area contributed by atoms with Crippen LogP contribution >= 0.6 is 11.3 Å². The topological polar surface area (TPSA) is 125 Å². The predicted molar refractivity (Wildman–Crippen MR) is 132 cm³/mol. The highest BCUT2D eigenvalue weighted by Crippen LogP contribution is 2.36. The van der Waals surface area contributed by atoms with E-state index in [2.05, 4.69) is 35.1 Å². The van der Waals surface area contributed by atoms with Crippen LogP contribution < -0.4 is 15.8 Å². The molecular weight excluding hydrogens is 452 g/mol. The van der Waals surface area contributed by atoms with Crippen molar-refractivity contribution in [1.29, 1.82) is 0 Å². The first-order valence-corrected chi connectivity index (χ1v) is 11.9. The molecule has 1 saturated heterocycles. The minimum absolute atomic E-state index is 0.217. The molecule has 1 atom stereocenters. The van der Waals surface area contributed by atoms with E-state index in [0.717, 1.165) is 40.2 Å². The Morgan fingerprint density at radius 1 is 1.15 bits per heavy atom. The highest BCUT2D eigenvalue weighted by molar-refractivity contribution is 7.17. The van der Waals surface area contributed by atoms with Gasteiger partial charge >= 0.3 is 0 Å². The fourth-order valence-electron chi connectivity index (χ4n) is 4.17. The second kappa shape index (κ2) is 8.50. The summed E-state index contributed by atoms with van der Waals surface area (Å²) in [5.74, 6) is 1.98. The van der Waals surface area contributed by atoms with Gasteiger partial charge in [-0.15, -0.1) is 11.3 Å². The first kappa shape index (κ1) is 20.8. The lowest BCUT2D eigenvalue weighted by molar-refractivity contribution is 0.122. The zero-order chi connectivity index (χ0) is 23.1. The van der Waals surface area contributed by atoms with E-state index >= 15 is 0 Å². The minimum Gasteiger partial charge on any atom is -0.378 e. The van der Waals surface area contributed by atoms with E-state index in [1.54, 1.807) is 36.0 Å². The second-order valence-electron chi connectivity index (χ2n) is 8.09. The summed E-state index contributed by atoms with van der Waals surface area (Å²) in [5, 5.41) is 5.43. The Kier molecular flexibility index (Phi) is 5.19. The van der Waals surface area contributed by atoms with Crippen LogP contribution in [0.3, 0.4) is 0 Å². The second-order valence-corrected chi connectivity index (χ2v) is 9.00. The van der Waals surface area contributed by atoms with Crippen molar-refractivity contribution in [3.05, 3.63) is 58.3 Å². The van der Waals surface area contributed by atoms with Crippen LogP contribution in [0.1, 0.15) is 18.8 Å². The number of H-pyrrole nitrogens is 2. The van der Waals surface area contributed by atoms with E-state index in [-0.39, 0.29) is 11.6 Å². The Morgan fingerprint density at radius 3 is 2.79 bits per heavy atom. The number of morpholine rings is 1.